The van der Waals surface area contributed by atoms with E-state index in [1.807, 2.05) is 43.3 Å². The molecule has 3 heterocycles. The second-order valence-electron chi connectivity index (χ2n) is 7.18. The first-order valence-corrected chi connectivity index (χ1v) is 9.76. The predicted octanol–water partition coefficient (Wildman–Crippen LogP) is 3.15. The third-order valence-corrected chi connectivity index (χ3v) is 4.94. The number of para-hydroxylation sites is 1. The third kappa shape index (κ3) is 5.17. The summed E-state index contributed by atoms with van der Waals surface area (Å²) in [5, 5.41) is 10.0. The summed E-state index contributed by atoms with van der Waals surface area (Å²) < 4.78 is 5.67. The van der Waals surface area contributed by atoms with Gasteiger partial charge in [0.05, 0.1) is 18.4 Å². The lowest BCUT2D eigenvalue weighted by Crippen LogP contribution is -2.38. The number of ether oxygens (including phenoxy) is 1. The SMILES string of the molecule is Cc1nc(CN2CCC(C(=O)Nc3ccc(Oc4ccccc4)nc3)CC2)n[nH]1. The van der Waals surface area contributed by atoms with Crippen LogP contribution < -0.4 is 10.1 Å². The van der Waals surface area contributed by atoms with Gasteiger partial charge in [-0.25, -0.2) is 9.97 Å². The second-order valence-corrected chi connectivity index (χ2v) is 7.18. The monoisotopic (exact) mass is 392 g/mol. The number of aryl methyl sites for hydroxylation is 1. The van der Waals surface area contributed by atoms with Crippen LogP contribution in [0.3, 0.4) is 0 Å². The number of likely N-dealkylation sites (tertiary alicyclic amines) is 1. The van der Waals surface area contributed by atoms with Crippen LogP contribution in [0.2, 0.25) is 0 Å². The van der Waals surface area contributed by atoms with Crippen molar-refractivity contribution >= 4 is 11.6 Å². The first kappa shape index (κ1) is 19.1. The highest BCUT2D eigenvalue weighted by Crippen LogP contribution is 2.22. The Morgan fingerprint density at radius 2 is 2.00 bits per heavy atom. The van der Waals surface area contributed by atoms with E-state index >= 15 is 0 Å². The number of anilines is 1. The molecule has 1 aromatic carbocycles. The Morgan fingerprint density at radius 3 is 2.66 bits per heavy atom. The molecule has 1 aliphatic rings. The maximum Gasteiger partial charge on any atom is 0.227 e. The number of aromatic nitrogens is 4. The first-order chi connectivity index (χ1) is 14.2. The minimum absolute atomic E-state index is 0.000347. The number of H-pyrrole nitrogens is 1. The van der Waals surface area contributed by atoms with Crippen molar-refractivity contribution in [1.82, 2.24) is 25.1 Å². The van der Waals surface area contributed by atoms with E-state index in [1.165, 1.54) is 0 Å². The fourth-order valence-corrected chi connectivity index (χ4v) is 3.38. The van der Waals surface area contributed by atoms with E-state index in [1.54, 1.807) is 12.3 Å². The molecule has 0 saturated carbocycles. The molecular formula is C21H24N6O2. The summed E-state index contributed by atoms with van der Waals surface area (Å²) in [6.07, 6.45) is 3.26. The van der Waals surface area contributed by atoms with Crippen LogP contribution in [0.1, 0.15) is 24.5 Å². The van der Waals surface area contributed by atoms with Crippen molar-refractivity contribution in [3.63, 3.8) is 0 Å². The average molecular weight is 392 g/mol. The first-order valence-electron chi connectivity index (χ1n) is 9.76. The fourth-order valence-electron chi connectivity index (χ4n) is 3.38. The molecule has 150 valence electrons. The van der Waals surface area contributed by atoms with E-state index in [0.29, 0.717) is 18.1 Å². The van der Waals surface area contributed by atoms with Gasteiger partial charge in [0.15, 0.2) is 5.82 Å². The zero-order chi connectivity index (χ0) is 20.1. The van der Waals surface area contributed by atoms with Crippen molar-refractivity contribution in [3.05, 3.63) is 60.3 Å². The van der Waals surface area contributed by atoms with E-state index < -0.39 is 0 Å². The molecule has 2 N–H and O–H groups in total. The molecule has 2 aromatic heterocycles. The second kappa shape index (κ2) is 8.83. The molecule has 0 spiro atoms. The van der Waals surface area contributed by atoms with E-state index in [0.717, 1.165) is 43.3 Å². The predicted molar refractivity (Wildman–Crippen MR) is 109 cm³/mol. The van der Waals surface area contributed by atoms with Crippen LogP contribution in [0.15, 0.2) is 48.7 Å². The lowest BCUT2D eigenvalue weighted by atomic mass is 9.96. The maximum atomic E-state index is 12.6. The van der Waals surface area contributed by atoms with Crippen LogP contribution in [-0.2, 0) is 11.3 Å². The zero-order valence-electron chi connectivity index (χ0n) is 16.3. The maximum absolute atomic E-state index is 12.6. The normalized spacial score (nSPS) is 15.2. The smallest absolute Gasteiger partial charge is 0.227 e. The number of carbonyl (C=O) groups excluding carboxylic acids is 1. The topological polar surface area (TPSA) is 96.0 Å². The summed E-state index contributed by atoms with van der Waals surface area (Å²) in [4.78, 5) is 23.5. The van der Waals surface area contributed by atoms with Gasteiger partial charge in [-0.3, -0.25) is 14.8 Å². The average Bonchev–Trinajstić information content (AvgIpc) is 3.15. The molecule has 29 heavy (non-hydrogen) atoms. The molecule has 1 aliphatic heterocycles. The fraction of sp³-hybridized carbons (Fsp3) is 0.333. The molecule has 0 unspecified atom stereocenters. The van der Waals surface area contributed by atoms with Gasteiger partial charge in [0.25, 0.3) is 0 Å². The summed E-state index contributed by atoms with van der Waals surface area (Å²) in [6, 6.07) is 13.0. The van der Waals surface area contributed by atoms with Crippen LogP contribution in [0.25, 0.3) is 0 Å². The highest BCUT2D eigenvalue weighted by molar-refractivity contribution is 5.92. The molecule has 1 fully saturated rings. The van der Waals surface area contributed by atoms with Gasteiger partial charge < -0.3 is 10.1 Å². The Balaban J connectivity index is 1.25. The Labute approximate surface area is 169 Å². The molecule has 0 aliphatic carbocycles. The van der Waals surface area contributed by atoms with Crippen LogP contribution in [0, 0.1) is 12.8 Å². The number of piperidine rings is 1. The van der Waals surface area contributed by atoms with Crippen molar-refractivity contribution in [2.24, 2.45) is 5.92 Å². The molecule has 0 atom stereocenters. The van der Waals surface area contributed by atoms with E-state index in [-0.39, 0.29) is 11.8 Å². The van der Waals surface area contributed by atoms with Gasteiger partial charge in [-0.1, -0.05) is 18.2 Å². The van der Waals surface area contributed by atoms with E-state index in [9.17, 15) is 4.79 Å². The molecule has 8 nitrogen and oxygen atoms in total. The molecule has 3 aromatic rings. The van der Waals surface area contributed by atoms with E-state index in [4.69, 9.17) is 4.74 Å². The van der Waals surface area contributed by atoms with Crippen LogP contribution in [0.4, 0.5) is 5.69 Å². The van der Waals surface area contributed by atoms with Gasteiger partial charge in [0.2, 0.25) is 11.8 Å². The number of aromatic amines is 1. The number of carbonyl (C=O) groups is 1. The number of rotatable bonds is 6. The Bertz CT molecular complexity index is 933. The number of hydrogen-bond donors (Lipinski definition) is 2. The highest BCUT2D eigenvalue weighted by atomic mass is 16.5. The third-order valence-electron chi connectivity index (χ3n) is 4.94. The Morgan fingerprint density at radius 1 is 1.21 bits per heavy atom. The number of pyridine rings is 1. The summed E-state index contributed by atoms with van der Waals surface area (Å²) in [6.45, 7) is 4.31. The largest absolute Gasteiger partial charge is 0.439 e. The Kier molecular flexibility index (Phi) is 5.81. The van der Waals surface area contributed by atoms with Crippen LogP contribution in [-0.4, -0.2) is 44.1 Å². The summed E-state index contributed by atoms with van der Waals surface area (Å²) in [5.74, 6) is 2.88. The van der Waals surface area contributed by atoms with Crippen molar-refractivity contribution in [3.8, 4) is 11.6 Å². The van der Waals surface area contributed by atoms with Crippen molar-refractivity contribution in [1.29, 1.82) is 0 Å². The number of amides is 1. The Hall–Kier alpha value is -3.26. The number of nitrogens with one attached hydrogen (secondary N) is 2. The molecule has 4 rings (SSSR count). The van der Waals surface area contributed by atoms with Gasteiger partial charge in [-0.2, -0.15) is 5.10 Å². The standard InChI is InChI=1S/C21H24N6O2/c1-15-23-19(26-25-15)14-27-11-9-16(10-12-27)21(28)24-17-7-8-20(22-13-17)29-18-5-3-2-4-6-18/h2-8,13,16H,9-12,14H2,1H3,(H,24,28)(H,23,25,26). The van der Waals surface area contributed by atoms with Crippen molar-refractivity contribution < 1.29 is 9.53 Å². The number of benzene rings is 1. The molecule has 1 saturated heterocycles. The molecule has 8 heteroatoms. The van der Waals surface area contributed by atoms with Gasteiger partial charge in [-0.05, 0) is 51.1 Å². The number of hydrogen-bond acceptors (Lipinski definition) is 6. The minimum atomic E-state index is 0.000347. The molecule has 0 bridgehead atoms. The van der Waals surface area contributed by atoms with Gasteiger partial charge in [-0.15, -0.1) is 0 Å². The summed E-state index contributed by atoms with van der Waals surface area (Å²) in [5.41, 5.74) is 0.675. The van der Waals surface area contributed by atoms with Crippen LogP contribution >= 0.6 is 0 Å². The van der Waals surface area contributed by atoms with Crippen LogP contribution in [0.5, 0.6) is 11.6 Å². The van der Waals surface area contributed by atoms with Gasteiger partial charge in [0, 0.05) is 12.0 Å². The van der Waals surface area contributed by atoms with Crippen molar-refractivity contribution in [2.45, 2.75) is 26.3 Å². The lowest BCUT2D eigenvalue weighted by molar-refractivity contribution is -0.121. The van der Waals surface area contributed by atoms with Crippen molar-refractivity contribution in [2.75, 3.05) is 18.4 Å². The lowest BCUT2D eigenvalue weighted by Gasteiger charge is -2.30. The molecule has 1 amide bonds. The summed E-state index contributed by atoms with van der Waals surface area (Å²) >= 11 is 0. The number of nitrogens with zero attached hydrogens (tertiary/aromatic N) is 4. The van der Waals surface area contributed by atoms with Gasteiger partial charge in [0.1, 0.15) is 11.6 Å². The quantitative estimate of drug-likeness (QED) is 0.669. The van der Waals surface area contributed by atoms with Gasteiger partial charge >= 0.3 is 0 Å². The summed E-state index contributed by atoms with van der Waals surface area (Å²) in [7, 11) is 0. The molecular weight excluding hydrogens is 368 g/mol. The molecule has 0 radical (unpaired) electrons. The zero-order valence-corrected chi connectivity index (χ0v) is 16.3. The minimum Gasteiger partial charge on any atom is -0.439 e. The van der Waals surface area contributed by atoms with E-state index in [2.05, 4.69) is 30.4 Å². The highest BCUT2D eigenvalue weighted by Gasteiger charge is 2.25.